The fourth-order valence-corrected chi connectivity index (χ4v) is 8.88. The van der Waals surface area contributed by atoms with Crippen molar-refractivity contribution in [3.8, 4) is 0 Å². The van der Waals surface area contributed by atoms with E-state index < -0.39 is 5.60 Å². The Morgan fingerprint density at radius 2 is 1.29 bits per heavy atom. The van der Waals surface area contributed by atoms with Crippen LogP contribution in [0.15, 0.2) is 82.5 Å². The number of rotatable bonds is 10. The fraction of sp³-hybridized carbons (Fsp3) is 0.439. The normalized spacial score (nSPS) is 20.0. The number of hydrogen-bond donors (Lipinski definition) is 3. The Morgan fingerprint density at radius 1 is 0.786 bits per heavy atom. The molecule has 0 amide bonds. The molecular weight excluding hydrogens is 840 g/mol. The van der Waals surface area contributed by atoms with E-state index in [0.29, 0.717) is 13.1 Å². The second-order valence-electron chi connectivity index (χ2n) is 15.2. The number of anilines is 2. The number of pyridine rings is 2. The van der Waals surface area contributed by atoms with E-state index in [-0.39, 0.29) is 29.6 Å². The number of halogens is 2. The van der Waals surface area contributed by atoms with Gasteiger partial charge in [0.2, 0.25) is 0 Å². The predicted molar refractivity (Wildman–Crippen MR) is 222 cm³/mol. The molecule has 0 unspecified atom stereocenters. The summed E-state index contributed by atoms with van der Waals surface area (Å²) in [6.07, 6.45) is 19.0. The molecule has 0 spiro atoms. The number of aliphatic hydroxyl groups is 1. The first-order valence-corrected chi connectivity index (χ1v) is 20.8. The molecule has 0 saturated heterocycles. The molecule has 0 aromatic carbocycles. The highest BCUT2D eigenvalue weighted by Gasteiger charge is 2.38. The molecule has 2 saturated carbocycles. The van der Waals surface area contributed by atoms with Crippen LogP contribution in [0.3, 0.4) is 0 Å². The molecule has 0 aliphatic heterocycles. The summed E-state index contributed by atoms with van der Waals surface area (Å²) in [6.45, 7) is 5.12. The number of carbonyl (C=O) groups is 1. The van der Waals surface area contributed by atoms with Gasteiger partial charge in [-0.1, -0.05) is 37.8 Å². The van der Waals surface area contributed by atoms with Gasteiger partial charge in [0, 0.05) is 61.8 Å². The van der Waals surface area contributed by atoms with Crippen molar-refractivity contribution in [3.05, 3.63) is 105 Å². The van der Waals surface area contributed by atoms with Crippen LogP contribution in [-0.4, -0.2) is 63.0 Å². The topological polar surface area (TPSA) is 157 Å². The molecule has 3 N–H and O–H groups in total. The lowest BCUT2D eigenvalue weighted by Crippen LogP contribution is -2.37. The summed E-state index contributed by atoms with van der Waals surface area (Å²) in [5.74, 6) is 1.92. The summed E-state index contributed by atoms with van der Waals surface area (Å²) in [6, 6.07) is 12.0. The summed E-state index contributed by atoms with van der Waals surface area (Å²) in [4.78, 5) is 30.4. The number of carbonyl (C=O) groups excluding carboxylic acids is 1. The number of nitrogens with zero attached hydrogens (tertiary/aromatic N) is 8. The molecule has 2 fully saturated rings. The zero-order valence-corrected chi connectivity index (χ0v) is 35.1. The van der Waals surface area contributed by atoms with Crippen molar-refractivity contribution < 1.29 is 14.6 Å². The van der Waals surface area contributed by atoms with Crippen molar-refractivity contribution >= 4 is 60.8 Å². The second kappa shape index (κ2) is 17.8. The van der Waals surface area contributed by atoms with Gasteiger partial charge < -0.3 is 20.5 Å². The van der Waals surface area contributed by atoms with Gasteiger partial charge in [-0.05, 0) is 101 Å². The van der Waals surface area contributed by atoms with E-state index in [2.05, 4.69) is 68.7 Å². The Hall–Kier alpha value is -4.47. The largest absolute Gasteiger partial charge is 0.469 e. The molecular formula is C41H48Br2N10O3. The van der Waals surface area contributed by atoms with Crippen LogP contribution in [-0.2, 0) is 22.6 Å². The van der Waals surface area contributed by atoms with Crippen LogP contribution in [0.25, 0.3) is 11.3 Å². The summed E-state index contributed by atoms with van der Waals surface area (Å²) in [7, 11) is 1.46. The Morgan fingerprint density at radius 3 is 1.79 bits per heavy atom. The zero-order valence-electron chi connectivity index (χ0n) is 31.9. The molecule has 2 aliphatic carbocycles. The van der Waals surface area contributed by atoms with Gasteiger partial charge in [0.25, 0.3) is 0 Å². The SMILES string of the molecule is CC(C)(O)[C@H]1CCCC[C@H]1c1cc(NCc2cccnc2)n2ncc(Br)c2n1.COC(=O)[C@H]1CCCC[C@H]1c1cc(NCc2cccnc2)n2ncc(Br)c2n1. The molecule has 13 nitrogen and oxygen atoms in total. The lowest BCUT2D eigenvalue weighted by atomic mass is 9.70. The first-order chi connectivity index (χ1) is 27.1. The summed E-state index contributed by atoms with van der Waals surface area (Å²) >= 11 is 7.11. The molecule has 6 aromatic heterocycles. The Balaban J connectivity index is 0.000000172. The number of nitrogens with one attached hydrogen (secondary N) is 2. The van der Waals surface area contributed by atoms with Crippen molar-refractivity contribution in [1.82, 2.24) is 39.2 Å². The standard InChI is InChI=1S/C21H26BrN5O.C20H22BrN5O2/c1-21(2,28)16-8-4-3-7-15(16)18-10-19(24-12-14-6-5-9-23-11-14)27-20(26-18)17(22)13-25-27;1-28-20(27)15-7-3-2-6-14(15)17-9-18(23-11-13-5-4-8-22-10-13)26-19(25-17)16(21)12-24-26/h5-6,9-11,13,15-16,24,28H,3-4,7-8,12H2,1-2H3;4-5,8-10,12,14-15,23H,2-3,6-7,11H2,1H3/t15-,16+;14-,15+/m11/s1. The van der Waals surface area contributed by atoms with Gasteiger partial charge in [-0.3, -0.25) is 14.8 Å². The maximum atomic E-state index is 12.3. The maximum Gasteiger partial charge on any atom is 0.309 e. The van der Waals surface area contributed by atoms with E-state index in [9.17, 15) is 9.90 Å². The number of esters is 1. The average molecular weight is 889 g/mol. The van der Waals surface area contributed by atoms with Gasteiger partial charge in [0.15, 0.2) is 11.3 Å². The molecule has 294 valence electrons. The lowest BCUT2D eigenvalue weighted by Gasteiger charge is -2.39. The van der Waals surface area contributed by atoms with Gasteiger partial charge in [0.05, 0.1) is 51.4 Å². The van der Waals surface area contributed by atoms with E-state index in [0.717, 1.165) is 99.3 Å². The maximum absolute atomic E-state index is 12.3. The van der Waals surface area contributed by atoms with E-state index in [1.165, 1.54) is 13.5 Å². The van der Waals surface area contributed by atoms with Crippen LogP contribution in [0.1, 0.15) is 99.6 Å². The minimum atomic E-state index is -0.723. The number of hydrogen-bond acceptors (Lipinski definition) is 11. The first-order valence-electron chi connectivity index (χ1n) is 19.2. The van der Waals surface area contributed by atoms with E-state index >= 15 is 0 Å². The smallest absolute Gasteiger partial charge is 0.309 e. The second-order valence-corrected chi connectivity index (χ2v) is 16.9. The van der Waals surface area contributed by atoms with E-state index in [1.807, 2.05) is 61.1 Å². The van der Waals surface area contributed by atoms with E-state index in [4.69, 9.17) is 14.7 Å². The third-order valence-electron chi connectivity index (χ3n) is 11.0. The third-order valence-corrected chi connectivity index (χ3v) is 12.1. The van der Waals surface area contributed by atoms with Gasteiger partial charge in [-0.2, -0.15) is 19.2 Å². The van der Waals surface area contributed by atoms with Gasteiger partial charge >= 0.3 is 5.97 Å². The van der Waals surface area contributed by atoms with Crippen LogP contribution in [0.4, 0.5) is 11.6 Å². The van der Waals surface area contributed by atoms with Crippen molar-refractivity contribution in [1.29, 1.82) is 0 Å². The van der Waals surface area contributed by atoms with Crippen LogP contribution in [0, 0.1) is 11.8 Å². The lowest BCUT2D eigenvalue weighted by molar-refractivity contribution is -0.147. The number of fused-ring (bicyclic) bond motifs is 2. The molecule has 2 aliphatic rings. The highest BCUT2D eigenvalue weighted by Crippen LogP contribution is 2.44. The molecule has 56 heavy (non-hydrogen) atoms. The Kier molecular flexibility index (Phi) is 12.6. The van der Waals surface area contributed by atoms with Crippen LogP contribution in [0.2, 0.25) is 0 Å². The zero-order chi connectivity index (χ0) is 39.2. The monoisotopic (exact) mass is 886 g/mol. The van der Waals surface area contributed by atoms with Gasteiger partial charge in [-0.15, -0.1) is 0 Å². The summed E-state index contributed by atoms with van der Waals surface area (Å²) < 4.78 is 10.4. The first kappa shape index (κ1) is 39.8. The van der Waals surface area contributed by atoms with Crippen molar-refractivity contribution in [2.45, 2.75) is 95.7 Å². The third kappa shape index (κ3) is 9.05. The molecule has 6 heterocycles. The minimum Gasteiger partial charge on any atom is -0.469 e. The van der Waals surface area contributed by atoms with Crippen LogP contribution < -0.4 is 10.6 Å². The number of methoxy groups -OCH3 is 1. The summed E-state index contributed by atoms with van der Waals surface area (Å²) in [5, 5.41) is 26.6. The van der Waals surface area contributed by atoms with E-state index in [1.54, 1.807) is 29.3 Å². The van der Waals surface area contributed by atoms with Crippen molar-refractivity contribution in [2.24, 2.45) is 11.8 Å². The molecule has 0 bridgehead atoms. The minimum absolute atomic E-state index is 0.0481. The average Bonchev–Trinajstić information content (AvgIpc) is 3.80. The molecule has 4 atom stereocenters. The van der Waals surface area contributed by atoms with Crippen LogP contribution in [0.5, 0.6) is 0 Å². The molecule has 15 heteroatoms. The van der Waals surface area contributed by atoms with Gasteiger partial charge in [-0.25, -0.2) is 9.97 Å². The Bertz CT molecular complexity index is 2240. The highest BCUT2D eigenvalue weighted by atomic mass is 79.9. The summed E-state index contributed by atoms with van der Waals surface area (Å²) in [5.41, 5.74) is 4.91. The van der Waals surface area contributed by atoms with Crippen LogP contribution >= 0.6 is 31.9 Å². The number of aromatic nitrogens is 8. The molecule has 0 radical (unpaired) electrons. The van der Waals surface area contributed by atoms with Crippen molar-refractivity contribution in [3.63, 3.8) is 0 Å². The Labute approximate surface area is 343 Å². The quantitative estimate of drug-likeness (QED) is 0.113. The number of ether oxygens (including phenoxy) is 1. The fourth-order valence-electron chi connectivity index (χ4n) is 8.18. The van der Waals surface area contributed by atoms with Crippen molar-refractivity contribution in [2.75, 3.05) is 17.7 Å². The molecule has 8 rings (SSSR count). The highest BCUT2D eigenvalue weighted by molar-refractivity contribution is 9.11. The predicted octanol–water partition coefficient (Wildman–Crippen LogP) is 8.49. The van der Waals surface area contributed by atoms with Gasteiger partial charge in [0.1, 0.15) is 11.6 Å². The molecule has 6 aromatic rings.